The quantitative estimate of drug-likeness (QED) is 0.789. The number of piperazine rings is 1. The first kappa shape index (κ1) is 16.5. The molecule has 132 valence electrons. The predicted molar refractivity (Wildman–Crippen MR) is 104 cm³/mol. The van der Waals surface area contributed by atoms with Crippen LogP contribution in [-0.4, -0.2) is 54.0 Å². The zero-order valence-corrected chi connectivity index (χ0v) is 14.7. The van der Waals surface area contributed by atoms with Crippen molar-refractivity contribution in [3.05, 3.63) is 60.4 Å². The third-order valence-electron chi connectivity index (χ3n) is 4.67. The number of rotatable bonds is 3. The average molecular weight is 347 g/mol. The summed E-state index contributed by atoms with van der Waals surface area (Å²) in [6, 6.07) is 15.5. The Bertz CT molecular complexity index is 917. The normalized spacial score (nSPS) is 15.2. The molecule has 0 bridgehead atoms. The number of amides is 1. The fourth-order valence-electron chi connectivity index (χ4n) is 3.08. The number of carbonyl (C=O) groups excluding carboxylic acids is 1. The molecule has 1 aromatic heterocycles. The Labute approximate surface area is 152 Å². The first-order valence-corrected chi connectivity index (χ1v) is 8.76. The standard InChI is InChI=1S/C20H21N5O/c1-24-10-12-25(13-11-24)16-8-6-15(7-9-16)22-20(26)19-14-21-17-4-2-3-5-18(17)23-19/h2-9,14H,10-13H2,1H3,(H,22,26). The van der Waals surface area contributed by atoms with Gasteiger partial charge in [0.05, 0.1) is 17.2 Å². The van der Waals surface area contributed by atoms with Crippen LogP contribution in [0.15, 0.2) is 54.7 Å². The van der Waals surface area contributed by atoms with Crippen LogP contribution in [0, 0.1) is 0 Å². The second-order valence-corrected chi connectivity index (χ2v) is 6.54. The molecule has 26 heavy (non-hydrogen) atoms. The fraction of sp³-hybridized carbons (Fsp3) is 0.250. The van der Waals surface area contributed by atoms with Gasteiger partial charge in [-0.2, -0.15) is 0 Å². The van der Waals surface area contributed by atoms with Gasteiger partial charge in [0.2, 0.25) is 0 Å². The van der Waals surface area contributed by atoms with Gasteiger partial charge in [0, 0.05) is 37.6 Å². The van der Waals surface area contributed by atoms with Gasteiger partial charge in [-0.1, -0.05) is 12.1 Å². The van der Waals surface area contributed by atoms with Gasteiger partial charge < -0.3 is 15.1 Å². The molecule has 1 saturated heterocycles. The number of hydrogen-bond donors (Lipinski definition) is 1. The van der Waals surface area contributed by atoms with Crippen molar-refractivity contribution >= 4 is 28.3 Å². The molecular weight excluding hydrogens is 326 g/mol. The van der Waals surface area contributed by atoms with Gasteiger partial charge >= 0.3 is 0 Å². The summed E-state index contributed by atoms with van der Waals surface area (Å²) in [6.07, 6.45) is 1.51. The van der Waals surface area contributed by atoms with E-state index in [-0.39, 0.29) is 5.91 Å². The minimum absolute atomic E-state index is 0.254. The predicted octanol–water partition coefficient (Wildman–Crippen LogP) is 2.63. The highest BCUT2D eigenvalue weighted by Crippen LogP contribution is 2.20. The summed E-state index contributed by atoms with van der Waals surface area (Å²) in [6.45, 7) is 4.18. The molecule has 1 fully saturated rings. The van der Waals surface area contributed by atoms with Gasteiger partial charge in [0.25, 0.3) is 5.91 Å². The lowest BCUT2D eigenvalue weighted by molar-refractivity contribution is 0.102. The molecule has 2 heterocycles. The number of likely N-dealkylation sites (N-methyl/N-ethyl adjacent to an activating group) is 1. The Hall–Kier alpha value is -2.99. The molecule has 1 aliphatic heterocycles. The summed E-state index contributed by atoms with van der Waals surface area (Å²) in [5.74, 6) is -0.254. The van der Waals surface area contributed by atoms with Crippen LogP contribution in [0.3, 0.4) is 0 Å². The number of nitrogens with one attached hydrogen (secondary N) is 1. The first-order chi connectivity index (χ1) is 12.7. The monoisotopic (exact) mass is 347 g/mol. The maximum Gasteiger partial charge on any atom is 0.275 e. The third kappa shape index (κ3) is 3.50. The highest BCUT2D eigenvalue weighted by molar-refractivity contribution is 6.03. The van der Waals surface area contributed by atoms with Crippen molar-refractivity contribution in [1.82, 2.24) is 14.9 Å². The molecule has 1 amide bonds. The molecule has 0 aliphatic carbocycles. The van der Waals surface area contributed by atoms with Crippen LogP contribution in [-0.2, 0) is 0 Å². The molecule has 0 radical (unpaired) electrons. The van der Waals surface area contributed by atoms with Crippen molar-refractivity contribution in [2.45, 2.75) is 0 Å². The van der Waals surface area contributed by atoms with E-state index in [9.17, 15) is 4.79 Å². The summed E-state index contributed by atoms with van der Waals surface area (Å²) in [7, 11) is 2.14. The van der Waals surface area contributed by atoms with Crippen LogP contribution in [0.4, 0.5) is 11.4 Å². The smallest absolute Gasteiger partial charge is 0.275 e. The van der Waals surface area contributed by atoms with E-state index >= 15 is 0 Å². The molecule has 6 heteroatoms. The second kappa shape index (κ2) is 7.09. The molecule has 4 rings (SSSR count). The van der Waals surface area contributed by atoms with Crippen LogP contribution in [0.5, 0.6) is 0 Å². The van der Waals surface area contributed by atoms with Crippen molar-refractivity contribution in [1.29, 1.82) is 0 Å². The molecule has 0 saturated carbocycles. The van der Waals surface area contributed by atoms with Gasteiger partial charge in [-0.15, -0.1) is 0 Å². The number of aromatic nitrogens is 2. The Morgan fingerprint density at radius 2 is 1.65 bits per heavy atom. The van der Waals surface area contributed by atoms with Crippen LogP contribution < -0.4 is 10.2 Å². The number of hydrogen-bond acceptors (Lipinski definition) is 5. The Kier molecular flexibility index (Phi) is 4.50. The lowest BCUT2D eigenvalue weighted by Crippen LogP contribution is -2.44. The second-order valence-electron chi connectivity index (χ2n) is 6.54. The minimum atomic E-state index is -0.254. The molecule has 0 spiro atoms. The van der Waals surface area contributed by atoms with Gasteiger partial charge in [0.15, 0.2) is 0 Å². The van der Waals surface area contributed by atoms with E-state index < -0.39 is 0 Å². The fourth-order valence-corrected chi connectivity index (χ4v) is 3.08. The number of carbonyl (C=O) groups is 1. The van der Waals surface area contributed by atoms with Gasteiger partial charge in [0.1, 0.15) is 5.69 Å². The Morgan fingerprint density at radius 3 is 2.38 bits per heavy atom. The molecular formula is C20H21N5O. The highest BCUT2D eigenvalue weighted by atomic mass is 16.1. The van der Waals surface area contributed by atoms with E-state index in [4.69, 9.17) is 0 Å². The Morgan fingerprint density at radius 1 is 0.962 bits per heavy atom. The minimum Gasteiger partial charge on any atom is -0.369 e. The van der Waals surface area contributed by atoms with Crippen molar-refractivity contribution in [3.63, 3.8) is 0 Å². The van der Waals surface area contributed by atoms with Crippen molar-refractivity contribution in [3.8, 4) is 0 Å². The van der Waals surface area contributed by atoms with Crippen molar-refractivity contribution in [2.75, 3.05) is 43.4 Å². The number of benzene rings is 2. The number of fused-ring (bicyclic) bond motifs is 1. The lowest BCUT2D eigenvalue weighted by atomic mass is 10.2. The van der Waals surface area contributed by atoms with Crippen molar-refractivity contribution < 1.29 is 4.79 Å². The lowest BCUT2D eigenvalue weighted by Gasteiger charge is -2.34. The molecule has 6 nitrogen and oxygen atoms in total. The summed E-state index contributed by atoms with van der Waals surface area (Å²) in [4.78, 5) is 25.8. The number of anilines is 2. The summed E-state index contributed by atoms with van der Waals surface area (Å²) in [5, 5.41) is 2.89. The number of para-hydroxylation sites is 2. The van der Waals surface area contributed by atoms with E-state index in [1.807, 2.05) is 48.5 Å². The largest absolute Gasteiger partial charge is 0.369 e. The number of nitrogens with zero attached hydrogens (tertiary/aromatic N) is 4. The van der Waals surface area contributed by atoms with Crippen LogP contribution in [0.2, 0.25) is 0 Å². The van der Waals surface area contributed by atoms with E-state index in [0.29, 0.717) is 11.2 Å². The SMILES string of the molecule is CN1CCN(c2ccc(NC(=O)c3cnc4ccccc4n3)cc2)CC1. The molecule has 3 aromatic rings. The van der Waals surface area contributed by atoms with E-state index in [1.54, 1.807) is 0 Å². The Balaban J connectivity index is 1.45. The molecule has 1 N–H and O–H groups in total. The highest BCUT2D eigenvalue weighted by Gasteiger charge is 2.14. The van der Waals surface area contributed by atoms with Crippen LogP contribution in [0.25, 0.3) is 11.0 Å². The summed E-state index contributed by atoms with van der Waals surface area (Å²) < 4.78 is 0. The summed E-state index contributed by atoms with van der Waals surface area (Å²) >= 11 is 0. The van der Waals surface area contributed by atoms with Gasteiger partial charge in [-0.3, -0.25) is 9.78 Å². The zero-order chi connectivity index (χ0) is 17.9. The zero-order valence-electron chi connectivity index (χ0n) is 14.7. The summed E-state index contributed by atoms with van der Waals surface area (Å²) in [5.41, 5.74) is 3.74. The average Bonchev–Trinajstić information content (AvgIpc) is 2.69. The molecule has 0 atom stereocenters. The topological polar surface area (TPSA) is 61.4 Å². The maximum absolute atomic E-state index is 12.5. The van der Waals surface area contributed by atoms with Crippen molar-refractivity contribution in [2.24, 2.45) is 0 Å². The third-order valence-corrected chi connectivity index (χ3v) is 4.67. The molecule has 1 aliphatic rings. The first-order valence-electron chi connectivity index (χ1n) is 8.76. The molecule has 0 unspecified atom stereocenters. The van der Waals surface area contributed by atoms with E-state index in [1.165, 1.54) is 11.9 Å². The van der Waals surface area contributed by atoms with Crippen LogP contribution in [0.1, 0.15) is 10.5 Å². The van der Waals surface area contributed by atoms with Gasteiger partial charge in [-0.25, -0.2) is 4.98 Å². The van der Waals surface area contributed by atoms with E-state index in [2.05, 4.69) is 32.1 Å². The van der Waals surface area contributed by atoms with Crippen LogP contribution >= 0.6 is 0 Å². The van der Waals surface area contributed by atoms with E-state index in [0.717, 1.165) is 37.4 Å². The molecule has 2 aromatic carbocycles. The van der Waals surface area contributed by atoms with Gasteiger partial charge in [-0.05, 0) is 43.4 Å². The maximum atomic E-state index is 12.5.